The first kappa shape index (κ1) is 17.1. The Balaban J connectivity index is 2.95. The molecule has 0 aliphatic heterocycles. The Morgan fingerprint density at radius 3 is 2.25 bits per heavy atom. The van der Waals surface area contributed by atoms with Crippen LogP contribution in [0.2, 0.25) is 0 Å². The summed E-state index contributed by atoms with van der Waals surface area (Å²) in [6.07, 6.45) is 0.965. The molecule has 0 fully saturated rings. The number of aryl methyl sites for hydroxylation is 1. The molecule has 0 bridgehead atoms. The van der Waals surface area contributed by atoms with Crippen molar-refractivity contribution in [1.82, 2.24) is 0 Å². The zero-order valence-corrected chi connectivity index (χ0v) is 13.1. The second-order valence-corrected chi connectivity index (χ2v) is 7.71. The minimum Gasteiger partial charge on any atom is -0.395 e. The summed E-state index contributed by atoms with van der Waals surface area (Å²) in [6.45, 7) is 3.92. The van der Waals surface area contributed by atoms with E-state index < -0.39 is 15.3 Å². The molecule has 1 rings (SSSR count). The number of sulfone groups is 1. The van der Waals surface area contributed by atoms with E-state index in [4.69, 9.17) is 5.73 Å². The van der Waals surface area contributed by atoms with Gasteiger partial charge >= 0.3 is 0 Å². The van der Waals surface area contributed by atoms with Crippen molar-refractivity contribution in [3.63, 3.8) is 0 Å². The zero-order valence-electron chi connectivity index (χ0n) is 12.3. The lowest BCUT2D eigenvalue weighted by atomic mass is 9.78. The fourth-order valence-electron chi connectivity index (χ4n) is 2.27. The van der Waals surface area contributed by atoms with E-state index in [1.54, 1.807) is 0 Å². The molecule has 1 atom stereocenters. The molecule has 0 saturated carbocycles. The summed E-state index contributed by atoms with van der Waals surface area (Å²) in [5.41, 5.74) is 7.19. The third kappa shape index (κ3) is 4.30. The van der Waals surface area contributed by atoms with Crippen LogP contribution in [0.25, 0.3) is 0 Å². The zero-order chi connectivity index (χ0) is 15.2. The van der Waals surface area contributed by atoms with E-state index in [1.165, 1.54) is 0 Å². The highest BCUT2D eigenvalue weighted by Gasteiger charge is 2.31. The molecule has 0 aromatic heterocycles. The fraction of sp³-hybridized carbons (Fsp3) is 0.600. The predicted octanol–water partition coefficient (Wildman–Crippen LogP) is 1.40. The van der Waals surface area contributed by atoms with Gasteiger partial charge in [-0.05, 0) is 25.3 Å². The third-order valence-electron chi connectivity index (χ3n) is 3.76. The molecule has 1 aromatic rings. The molecule has 5 heteroatoms. The van der Waals surface area contributed by atoms with Crippen LogP contribution in [0.4, 0.5) is 0 Å². The van der Waals surface area contributed by atoms with Gasteiger partial charge in [0.25, 0.3) is 0 Å². The van der Waals surface area contributed by atoms with Crippen molar-refractivity contribution in [2.75, 3.05) is 24.7 Å². The number of hydrogen-bond acceptors (Lipinski definition) is 4. The molecule has 0 aliphatic rings. The minimum absolute atomic E-state index is 0.0620. The van der Waals surface area contributed by atoms with E-state index in [2.05, 4.69) is 0 Å². The summed E-state index contributed by atoms with van der Waals surface area (Å²) in [4.78, 5) is 0. The fourth-order valence-corrected chi connectivity index (χ4v) is 3.80. The lowest BCUT2D eigenvalue weighted by Gasteiger charge is -2.31. The number of rotatable bonds is 8. The largest absolute Gasteiger partial charge is 0.395 e. The average molecular weight is 299 g/mol. The highest BCUT2D eigenvalue weighted by molar-refractivity contribution is 7.91. The van der Waals surface area contributed by atoms with Gasteiger partial charge in [0.1, 0.15) is 9.84 Å². The van der Waals surface area contributed by atoms with E-state index in [0.29, 0.717) is 12.8 Å². The Morgan fingerprint density at radius 1 is 1.20 bits per heavy atom. The summed E-state index contributed by atoms with van der Waals surface area (Å²) < 4.78 is 23.7. The van der Waals surface area contributed by atoms with E-state index in [0.717, 1.165) is 11.1 Å². The number of hydrogen-bond donors (Lipinski definition) is 2. The van der Waals surface area contributed by atoms with E-state index in [9.17, 15) is 13.5 Å². The van der Waals surface area contributed by atoms with E-state index in [-0.39, 0.29) is 24.7 Å². The van der Waals surface area contributed by atoms with Gasteiger partial charge in [0.2, 0.25) is 0 Å². The summed E-state index contributed by atoms with van der Waals surface area (Å²) in [5.74, 6) is 0.249. The van der Waals surface area contributed by atoms with Crippen LogP contribution >= 0.6 is 0 Å². The topological polar surface area (TPSA) is 80.4 Å². The number of aliphatic hydroxyl groups is 1. The quantitative estimate of drug-likeness (QED) is 0.760. The van der Waals surface area contributed by atoms with Gasteiger partial charge in [-0.2, -0.15) is 0 Å². The van der Waals surface area contributed by atoms with Crippen LogP contribution in [0.1, 0.15) is 30.9 Å². The minimum atomic E-state index is -3.07. The second-order valence-electron chi connectivity index (χ2n) is 5.41. The summed E-state index contributed by atoms with van der Waals surface area (Å²) in [6, 6.07) is 7.75. The Kier molecular flexibility index (Phi) is 6.17. The monoisotopic (exact) mass is 299 g/mol. The molecule has 0 spiro atoms. The van der Waals surface area contributed by atoms with Crippen LogP contribution in [0.5, 0.6) is 0 Å². The van der Waals surface area contributed by atoms with Crippen LogP contribution in [0.15, 0.2) is 24.3 Å². The highest BCUT2D eigenvalue weighted by Crippen LogP contribution is 2.28. The molecule has 0 heterocycles. The maximum atomic E-state index is 11.9. The first-order valence-electron chi connectivity index (χ1n) is 6.97. The molecule has 0 aliphatic carbocycles. The van der Waals surface area contributed by atoms with Crippen LogP contribution in [0.3, 0.4) is 0 Å². The number of aliphatic hydroxyl groups excluding tert-OH is 1. The highest BCUT2D eigenvalue weighted by atomic mass is 32.2. The Labute approximate surface area is 121 Å². The summed E-state index contributed by atoms with van der Waals surface area (Å²) in [7, 11) is -3.07. The molecule has 20 heavy (non-hydrogen) atoms. The van der Waals surface area contributed by atoms with Crippen molar-refractivity contribution in [3.8, 4) is 0 Å². The van der Waals surface area contributed by atoms with Gasteiger partial charge in [0.05, 0.1) is 12.4 Å². The lowest BCUT2D eigenvalue weighted by molar-refractivity contribution is 0.193. The maximum absolute atomic E-state index is 11.9. The van der Waals surface area contributed by atoms with Crippen LogP contribution in [-0.2, 0) is 15.3 Å². The standard InChI is InChI=1S/C15H25NO3S/c1-3-9-20(18,19)10-8-15(11-16,12-17)14-6-4-13(2)5-7-14/h4-7,17H,3,8-12,16H2,1-2H3. The van der Waals surface area contributed by atoms with Crippen molar-refractivity contribution in [2.24, 2.45) is 5.73 Å². The molecule has 4 nitrogen and oxygen atoms in total. The Bertz CT molecular complexity index is 504. The SMILES string of the molecule is CCCS(=O)(=O)CCC(CN)(CO)c1ccc(C)cc1. The molecule has 0 radical (unpaired) electrons. The third-order valence-corrected chi connectivity index (χ3v) is 5.62. The molecule has 3 N–H and O–H groups in total. The summed E-state index contributed by atoms with van der Waals surface area (Å²) in [5, 5.41) is 9.75. The van der Waals surface area contributed by atoms with E-state index in [1.807, 2.05) is 38.1 Å². The average Bonchev–Trinajstić information content (AvgIpc) is 2.42. The van der Waals surface area contributed by atoms with Gasteiger partial charge in [-0.1, -0.05) is 36.8 Å². The summed E-state index contributed by atoms with van der Waals surface area (Å²) >= 11 is 0. The van der Waals surface area contributed by atoms with E-state index >= 15 is 0 Å². The Hall–Kier alpha value is -0.910. The maximum Gasteiger partial charge on any atom is 0.150 e. The lowest BCUT2D eigenvalue weighted by Crippen LogP contribution is -2.40. The predicted molar refractivity (Wildman–Crippen MR) is 82.6 cm³/mol. The van der Waals surface area contributed by atoms with Crippen molar-refractivity contribution in [1.29, 1.82) is 0 Å². The molecule has 1 unspecified atom stereocenters. The van der Waals surface area contributed by atoms with Gasteiger partial charge in [-0.3, -0.25) is 0 Å². The van der Waals surface area contributed by atoms with Crippen LogP contribution in [0, 0.1) is 6.92 Å². The number of nitrogens with two attached hydrogens (primary N) is 1. The molecule has 0 amide bonds. The van der Waals surface area contributed by atoms with Gasteiger partial charge < -0.3 is 10.8 Å². The first-order chi connectivity index (χ1) is 9.39. The van der Waals surface area contributed by atoms with Crippen molar-refractivity contribution >= 4 is 9.84 Å². The molecule has 0 saturated heterocycles. The Morgan fingerprint density at radius 2 is 1.80 bits per heavy atom. The van der Waals surface area contributed by atoms with Gasteiger partial charge in [0.15, 0.2) is 0 Å². The normalized spacial score (nSPS) is 15.0. The second kappa shape index (κ2) is 7.20. The number of benzene rings is 1. The van der Waals surface area contributed by atoms with Crippen LogP contribution < -0.4 is 5.73 Å². The van der Waals surface area contributed by atoms with Crippen LogP contribution in [-0.4, -0.2) is 38.2 Å². The molecular formula is C15H25NO3S. The van der Waals surface area contributed by atoms with Gasteiger partial charge in [-0.15, -0.1) is 0 Å². The van der Waals surface area contributed by atoms with Crippen molar-refractivity contribution < 1.29 is 13.5 Å². The molecular weight excluding hydrogens is 274 g/mol. The van der Waals surface area contributed by atoms with Gasteiger partial charge in [0, 0.05) is 17.7 Å². The smallest absolute Gasteiger partial charge is 0.150 e. The van der Waals surface area contributed by atoms with Crippen molar-refractivity contribution in [3.05, 3.63) is 35.4 Å². The molecule has 1 aromatic carbocycles. The van der Waals surface area contributed by atoms with Crippen molar-refractivity contribution in [2.45, 2.75) is 32.1 Å². The molecule has 114 valence electrons. The van der Waals surface area contributed by atoms with Gasteiger partial charge in [-0.25, -0.2) is 8.42 Å². The first-order valence-corrected chi connectivity index (χ1v) is 8.80.